The molecule has 104 valence electrons. The Bertz CT molecular complexity index is 167. The van der Waals surface area contributed by atoms with E-state index >= 15 is 0 Å². The largest absolute Gasteiger partial charge is 0.396 e. The molecule has 0 rings (SSSR count). The van der Waals surface area contributed by atoms with Crippen molar-refractivity contribution in [2.45, 2.75) is 32.4 Å². The lowest BCUT2D eigenvalue weighted by Gasteiger charge is -2.23. The van der Waals surface area contributed by atoms with Crippen molar-refractivity contribution in [2.24, 2.45) is 5.92 Å². The van der Waals surface area contributed by atoms with E-state index in [1.807, 2.05) is 0 Å². The molecular weight excluding hydrogens is 222 g/mol. The van der Waals surface area contributed by atoms with Gasteiger partial charge >= 0.3 is 0 Å². The van der Waals surface area contributed by atoms with Gasteiger partial charge < -0.3 is 25.0 Å². The fourth-order valence-corrected chi connectivity index (χ4v) is 1.52. The molecule has 0 radical (unpaired) electrons. The zero-order valence-electron chi connectivity index (χ0n) is 11.2. The van der Waals surface area contributed by atoms with Gasteiger partial charge in [0.05, 0.1) is 25.9 Å². The van der Waals surface area contributed by atoms with Crippen LogP contribution in [0.1, 0.15) is 20.3 Å². The predicted octanol–water partition coefficient (Wildman–Crippen LogP) is 0.00690. The SMILES string of the molecule is COCCOCC(O)CNC(CCO)C(C)C. The van der Waals surface area contributed by atoms with Gasteiger partial charge in [-0.05, 0) is 12.3 Å². The third-order valence-corrected chi connectivity index (χ3v) is 2.60. The summed E-state index contributed by atoms with van der Waals surface area (Å²) in [7, 11) is 1.61. The van der Waals surface area contributed by atoms with E-state index in [1.54, 1.807) is 7.11 Å². The number of hydrogen-bond acceptors (Lipinski definition) is 5. The molecule has 0 aromatic carbocycles. The van der Waals surface area contributed by atoms with Crippen molar-refractivity contribution >= 4 is 0 Å². The second kappa shape index (κ2) is 10.9. The van der Waals surface area contributed by atoms with Gasteiger partial charge in [-0.3, -0.25) is 0 Å². The summed E-state index contributed by atoms with van der Waals surface area (Å²) in [5.41, 5.74) is 0. The fourth-order valence-electron chi connectivity index (χ4n) is 1.52. The molecule has 5 nitrogen and oxygen atoms in total. The molecule has 0 aromatic heterocycles. The molecule has 0 aromatic rings. The van der Waals surface area contributed by atoms with Crippen LogP contribution in [0.2, 0.25) is 0 Å². The summed E-state index contributed by atoms with van der Waals surface area (Å²) in [5.74, 6) is 0.434. The van der Waals surface area contributed by atoms with Gasteiger partial charge in [0.2, 0.25) is 0 Å². The maximum Gasteiger partial charge on any atom is 0.0897 e. The van der Waals surface area contributed by atoms with Gasteiger partial charge in [-0.1, -0.05) is 13.8 Å². The Balaban J connectivity index is 3.61. The number of aliphatic hydroxyl groups excluding tert-OH is 2. The Morgan fingerprint density at radius 2 is 1.94 bits per heavy atom. The molecule has 17 heavy (non-hydrogen) atoms. The summed E-state index contributed by atoms with van der Waals surface area (Å²) >= 11 is 0. The average Bonchev–Trinajstić information content (AvgIpc) is 2.29. The molecule has 0 saturated carbocycles. The van der Waals surface area contributed by atoms with Crippen LogP contribution in [-0.2, 0) is 9.47 Å². The molecule has 0 aliphatic heterocycles. The number of hydrogen-bond donors (Lipinski definition) is 3. The van der Waals surface area contributed by atoms with Gasteiger partial charge in [0.25, 0.3) is 0 Å². The second-order valence-electron chi connectivity index (χ2n) is 4.49. The van der Waals surface area contributed by atoms with Crippen LogP contribution in [0.25, 0.3) is 0 Å². The van der Waals surface area contributed by atoms with E-state index in [0.717, 1.165) is 0 Å². The summed E-state index contributed by atoms with van der Waals surface area (Å²) in [4.78, 5) is 0. The number of aliphatic hydroxyl groups is 2. The van der Waals surface area contributed by atoms with E-state index in [9.17, 15) is 5.11 Å². The number of nitrogens with one attached hydrogen (secondary N) is 1. The van der Waals surface area contributed by atoms with Gasteiger partial charge in [0.15, 0.2) is 0 Å². The lowest BCUT2D eigenvalue weighted by atomic mass is 10.0. The van der Waals surface area contributed by atoms with Crippen molar-refractivity contribution in [2.75, 3.05) is 40.1 Å². The van der Waals surface area contributed by atoms with Crippen molar-refractivity contribution in [3.05, 3.63) is 0 Å². The Hall–Kier alpha value is -0.200. The van der Waals surface area contributed by atoms with E-state index in [4.69, 9.17) is 14.6 Å². The van der Waals surface area contributed by atoms with Gasteiger partial charge in [-0.15, -0.1) is 0 Å². The molecule has 0 bridgehead atoms. The van der Waals surface area contributed by atoms with Crippen LogP contribution in [0.3, 0.4) is 0 Å². The zero-order valence-corrected chi connectivity index (χ0v) is 11.2. The first-order valence-corrected chi connectivity index (χ1v) is 6.20. The minimum atomic E-state index is -0.521. The molecule has 0 saturated heterocycles. The molecule has 0 amide bonds. The highest BCUT2D eigenvalue weighted by atomic mass is 16.5. The third-order valence-electron chi connectivity index (χ3n) is 2.60. The van der Waals surface area contributed by atoms with Crippen LogP contribution in [0.15, 0.2) is 0 Å². The number of ether oxygens (including phenoxy) is 2. The summed E-state index contributed by atoms with van der Waals surface area (Å²) in [6.45, 7) is 6.17. The van der Waals surface area contributed by atoms with Gasteiger partial charge in [0, 0.05) is 26.3 Å². The van der Waals surface area contributed by atoms with E-state index in [-0.39, 0.29) is 12.6 Å². The maximum absolute atomic E-state index is 9.66. The Morgan fingerprint density at radius 1 is 1.24 bits per heavy atom. The van der Waals surface area contributed by atoms with Gasteiger partial charge in [-0.25, -0.2) is 0 Å². The van der Waals surface area contributed by atoms with Crippen LogP contribution < -0.4 is 5.32 Å². The van der Waals surface area contributed by atoms with Crippen molar-refractivity contribution in [1.82, 2.24) is 5.32 Å². The van der Waals surface area contributed by atoms with Crippen molar-refractivity contribution in [1.29, 1.82) is 0 Å². The molecule has 5 heteroatoms. The van der Waals surface area contributed by atoms with E-state index in [1.165, 1.54) is 0 Å². The predicted molar refractivity (Wildman–Crippen MR) is 67.0 cm³/mol. The van der Waals surface area contributed by atoms with E-state index in [0.29, 0.717) is 38.7 Å². The van der Waals surface area contributed by atoms with E-state index in [2.05, 4.69) is 19.2 Å². The highest BCUT2D eigenvalue weighted by Gasteiger charge is 2.13. The molecular formula is C12H27NO4. The van der Waals surface area contributed by atoms with E-state index < -0.39 is 6.10 Å². The third kappa shape index (κ3) is 9.50. The van der Waals surface area contributed by atoms with Crippen LogP contribution in [0, 0.1) is 5.92 Å². The molecule has 0 fully saturated rings. The highest BCUT2D eigenvalue weighted by Crippen LogP contribution is 2.05. The zero-order chi connectivity index (χ0) is 13.1. The molecule has 2 unspecified atom stereocenters. The average molecular weight is 249 g/mol. The Morgan fingerprint density at radius 3 is 2.47 bits per heavy atom. The lowest BCUT2D eigenvalue weighted by Crippen LogP contribution is -2.40. The first-order valence-electron chi connectivity index (χ1n) is 6.20. The minimum absolute atomic E-state index is 0.163. The second-order valence-corrected chi connectivity index (χ2v) is 4.49. The van der Waals surface area contributed by atoms with Crippen LogP contribution in [0.4, 0.5) is 0 Å². The molecule has 2 atom stereocenters. The highest BCUT2D eigenvalue weighted by molar-refractivity contribution is 4.72. The molecule has 0 aliphatic carbocycles. The minimum Gasteiger partial charge on any atom is -0.396 e. The fraction of sp³-hybridized carbons (Fsp3) is 1.00. The smallest absolute Gasteiger partial charge is 0.0897 e. The number of rotatable bonds is 11. The molecule has 0 aliphatic rings. The van der Waals surface area contributed by atoms with Gasteiger partial charge in [0.1, 0.15) is 0 Å². The van der Waals surface area contributed by atoms with Crippen LogP contribution in [-0.4, -0.2) is 62.4 Å². The maximum atomic E-state index is 9.66. The van der Waals surface area contributed by atoms with Crippen molar-refractivity contribution in [3.8, 4) is 0 Å². The molecule has 3 N–H and O–H groups in total. The summed E-state index contributed by atoms with van der Waals surface area (Å²) in [5, 5.41) is 21.8. The van der Waals surface area contributed by atoms with Crippen molar-refractivity contribution < 1.29 is 19.7 Å². The molecule has 0 spiro atoms. The summed E-state index contributed by atoms with van der Waals surface area (Å²) in [6, 6.07) is 0.230. The van der Waals surface area contributed by atoms with Crippen LogP contribution in [0.5, 0.6) is 0 Å². The quantitative estimate of drug-likeness (QED) is 0.450. The first-order chi connectivity index (χ1) is 8.11. The normalized spacial score (nSPS) is 15.2. The Labute approximate surface area is 104 Å². The number of methoxy groups -OCH3 is 1. The summed E-state index contributed by atoms with van der Waals surface area (Å²) in [6.07, 6.45) is 0.182. The Kier molecular flexibility index (Phi) is 10.8. The monoisotopic (exact) mass is 249 g/mol. The lowest BCUT2D eigenvalue weighted by molar-refractivity contribution is 0.0120. The topological polar surface area (TPSA) is 71.0 Å². The van der Waals surface area contributed by atoms with Crippen molar-refractivity contribution in [3.63, 3.8) is 0 Å². The summed E-state index contributed by atoms with van der Waals surface area (Å²) < 4.78 is 10.1. The van der Waals surface area contributed by atoms with Crippen LogP contribution >= 0.6 is 0 Å². The van der Waals surface area contributed by atoms with Gasteiger partial charge in [-0.2, -0.15) is 0 Å². The standard InChI is InChI=1S/C12H27NO4/c1-10(2)12(4-5-14)13-8-11(15)9-17-7-6-16-3/h10-15H,4-9H2,1-3H3. The molecule has 0 heterocycles. The first kappa shape index (κ1) is 16.8.